The average Bonchev–Trinajstić information content (AvgIpc) is 2.48. The Morgan fingerprint density at radius 1 is 1.05 bits per heavy atom. The third-order valence-corrected chi connectivity index (χ3v) is 2.94. The Labute approximate surface area is 127 Å². The third kappa shape index (κ3) is 5.18. The van der Waals surface area contributed by atoms with E-state index in [0.717, 1.165) is 11.1 Å². The van der Waals surface area contributed by atoms with Gasteiger partial charge in [-0.05, 0) is 40.8 Å². The second-order valence-corrected chi connectivity index (χ2v) is 5.54. The third-order valence-electron chi connectivity index (χ3n) is 2.94. The summed E-state index contributed by atoms with van der Waals surface area (Å²) >= 11 is 0. The summed E-state index contributed by atoms with van der Waals surface area (Å²) in [5, 5.41) is 0. The summed E-state index contributed by atoms with van der Waals surface area (Å²) in [6.07, 6.45) is 3.38. The molecule has 0 saturated heterocycles. The van der Waals surface area contributed by atoms with Crippen molar-refractivity contribution >= 4 is 0 Å². The summed E-state index contributed by atoms with van der Waals surface area (Å²) in [5.41, 5.74) is 1.86. The molecule has 0 saturated carbocycles. The van der Waals surface area contributed by atoms with E-state index in [1.807, 2.05) is 32.0 Å². The number of hydrogen-bond acceptors (Lipinski definition) is 2. The predicted octanol–water partition coefficient (Wildman–Crippen LogP) is 5.12. The van der Waals surface area contributed by atoms with E-state index < -0.39 is 0 Å². The number of nitrogens with zero attached hydrogens (tertiary/aromatic N) is 1. The van der Waals surface area contributed by atoms with Gasteiger partial charge in [-0.25, -0.2) is 4.39 Å². The fourth-order valence-corrected chi connectivity index (χ4v) is 1.72. The number of aromatic nitrogens is 1. The van der Waals surface area contributed by atoms with Crippen LogP contribution in [0.2, 0.25) is 0 Å². The predicted molar refractivity (Wildman–Crippen MR) is 85.0 cm³/mol. The van der Waals surface area contributed by atoms with E-state index in [0.29, 0.717) is 6.61 Å². The molecule has 2 nitrogen and oxygen atoms in total. The molecule has 0 aliphatic carbocycles. The van der Waals surface area contributed by atoms with E-state index in [2.05, 4.69) is 25.8 Å². The highest BCUT2D eigenvalue weighted by atomic mass is 19.1. The molecule has 2 aromatic rings. The minimum atomic E-state index is -0.318. The van der Waals surface area contributed by atoms with Crippen LogP contribution in [-0.4, -0.2) is 4.98 Å². The fourth-order valence-electron chi connectivity index (χ4n) is 1.72. The first-order valence-corrected chi connectivity index (χ1v) is 7.28. The van der Waals surface area contributed by atoms with Crippen LogP contribution in [0.25, 0.3) is 0 Å². The Balaban J connectivity index is 0.00000106. The average molecular weight is 289 g/mol. The molecule has 21 heavy (non-hydrogen) atoms. The lowest BCUT2D eigenvalue weighted by molar-refractivity contribution is 0.289. The summed E-state index contributed by atoms with van der Waals surface area (Å²) in [4.78, 5) is 3.93. The first-order valence-electron chi connectivity index (χ1n) is 7.28. The molecule has 0 aliphatic heterocycles. The molecule has 0 bridgehead atoms. The smallest absolute Gasteiger partial charge is 0.165 e. The molecule has 1 aromatic carbocycles. The highest BCUT2D eigenvalue weighted by Crippen LogP contribution is 2.27. The van der Waals surface area contributed by atoms with Gasteiger partial charge < -0.3 is 4.74 Å². The fraction of sp³-hybridized carbons (Fsp3) is 0.389. The number of benzene rings is 1. The van der Waals surface area contributed by atoms with Gasteiger partial charge in [0.1, 0.15) is 6.61 Å². The van der Waals surface area contributed by atoms with Crippen LogP contribution < -0.4 is 4.74 Å². The van der Waals surface area contributed by atoms with Gasteiger partial charge in [-0.15, -0.1) is 0 Å². The standard InChI is InChI=1S/C16H18FNO.C2H6/c1-16(2,3)13-4-5-15(14(17)10-13)19-11-12-6-8-18-9-7-12;1-2/h4-10H,11H2,1-3H3;1-2H3. The number of hydrogen-bond donors (Lipinski definition) is 0. The van der Waals surface area contributed by atoms with Crippen LogP contribution in [0, 0.1) is 5.82 Å². The first-order chi connectivity index (χ1) is 9.97. The van der Waals surface area contributed by atoms with Crippen molar-refractivity contribution in [3.63, 3.8) is 0 Å². The van der Waals surface area contributed by atoms with Crippen molar-refractivity contribution in [1.82, 2.24) is 4.98 Å². The van der Waals surface area contributed by atoms with Crippen molar-refractivity contribution in [1.29, 1.82) is 0 Å². The first kappa shape index (κ1) is 17.2. The number of halogens is 1. The van der Waals surface area contributed by atoms with Gasteiger partial charge >= 0.3 is 0 Å². The molecule has 0 radical (unpaired) electrons. The maximum absolute atomic E-state index is 13.9. The molecule has 0 aliphatic rings. The number of pyridine rings is 1. The molecule has 0 atom stereocenters. The lowest BCUT2D eigenvalue weighted by atomic mass is 9.87. The zero-order valence-corrected chi connectivity index (χ0v) is 13.5. The molecule has 0 unspecified atom stereocenters. The second kappa shape index (κ2) is 7.77. The highest BCUT2D eigenvalue weighted by Gasteiger charge is 2.16. The molecule has 0 N–H and O–H groups in total. The van der Waals surface area contributed by atoms with Gasteiger partial charge in [-0.1, -0.05) is 40.7 Å². The number of rotatable bonds is 3. The molecule has 0 amide bonds. The van der Waals surface area contributed by atoms with Gasteiger partial charge in [-0.2, -0.15) is 0 Å². The molecular weight excluding hydrogens is 265 g/mol. The van der Waals surface area contributed by atoms with Crippen LogP contribution in [0.3, 0.4) is 0 Å². The van der Waals surface area contributed by atoms with Gasteiger partial charge in [0.25, 0.3) is 0 Å². The minimum Gasteiger partial charge on any atom is -0.486 e. The molecule has 1 aromatic heterocycles. The van der Waals surface area contributed by atoms with Gasteiger partial charge in [0, 0.05) is 12.4 Å². The Kier molecular flexibility index (Phi) is 6.35. The van der Waals surface area contributed by atoms with Crippen LogP contribution >= 0.6 is 0 Å². The van der Waals surface area contributed by atoms with Gasteiger partial charge in [-0.3, -0.25) is 4.98 Å². The summed E-state index contributed by atoms with van der Waals surface area (Å²) < 4.78 is 19.4. The normalized spacial score (nSPS) is 10.6. The van der Waals surface area contributed by atoms with Crippen molar-refractivity contribution in [2.75, 3.05) is 0 Å². The summed E-state index contributed by atoms with van der Waals surface area (Å²) in [7, 11) is 0. The zero-order valence-electron chi connectivity index (χ0n) is 13.5. The van der Waals surface area contributed by atoms with E-state index in [1.165, 1.54) is 0 Å². The molecular formula is C18H24FNO. The Morgan fingerprint density at radius 3 is 2.19 bits per heavy atom. The van der Waals surface area contributed by atoms with Crippen molar-refractivity contribution in [2.24, 2.45) is 0 Å². The van der Waals surface area contributed by atoms with Crippen LogP contribution in [0.15, 0.2) is 42.7 Å². The molecule has 3 heteroatoms. The maximum Gasteiger partial charge on any atom is 0.165 e. The molecule has 2 rings (SSSR count). The number of ether oxygens (including phenoxy) is 1. The maximum atomic E-state index is 13.9. The Morgan fingerprint density at radius 2 is 1.67 bits per heavy atom. The lowest BCUT2D eigenvalue weighted by Crippen LogP contribution is -2.11. The SMILES string of the molecule is CC.CC(C)(C)c1ccc(OCc2ccncc2)c(F)c1. The van der Waals surface area contributed by atoms with Gasteiger partial charge in [0.15, 0.2) is 11.6 Å². The summed E-state index contributed by atoms with van der Waals surface area (Å²) in [6, 6.07) is 8.84. The van der Waals surface area contributed by atoms with Crippen molar-refractivity contribution in [3.05, 3.63) is 59.7 Å². The van der Waals surface area contributed by atoms with Crippen molar-refractivity contribution in [3.8, 4) is 5.75 Å². The van der Waals surface area contributed by atoms with Crippen LogP contribution in [0.4, 0.5) is 4.39 Å². The molecule has 0 spiro atoms. The quantitative estimate of drug-likeness (QED) is 0.782. The molecule has 114 valence electrons. The minimum absolute atomic E-state index is 0.0650. The van der Waals surface area contributed by atoms with Crippen LogP contribution in [0.1, 0.15) is 45.7 Å². The topological polar surface area (TPSA) is 22.1 Å². The second-order valence-electron chi connectivity index (χ2n) is 5.54. The summed E-state index contributed by atoms with van der Waals surface area (Å²) in [6.45, 7) is 10.5. The largest absolute Gasteiger partial charge is 0.486 e. The highest BCUT2D eigenvalue weighted by molar-refractivity contribution is 5.33. The lowest BCUT2D eigenvalue weighted by Gasteiger charge is -2.19. The van der Waals surface area contributed by atoms with E-state index >= 15 is 0 Å². The van der Waals surface area contributed by atoms with Crippen LogP contribution in [-0.2, 0) is 12.0 Å². The van der Waals surface area contributed by atoms with E-state index in [1.54, 1.807) is 24.5 Å². The van der Waals surface area contributed by atoms with Crippen LogP contribution in [0.5, 0.6) is 5.75 Å². The molecule has 0 fully saturated rings. The summed E-state index contributed by atoms with van der Waals surface area (Å²) in [5.74, 6) is -0.0358. The molecule has 1 heterocycles. The Hall–Kier alpha value is -1.90. The zero-order chi connectivity index (χ0) is 15.9. The monoisotopic (exact) mass is 289 g/mol. The van der Waals surface area contributed by atoms with E-state index in [-0.39, 0.29) is 17.0 Å². The van der Waals surface area contributed by atoms with E-state index in [4.69, 9.17) is 4.74 Å². The van der Waals surface area contributed by atoms with Gasteiger partial charge in [0.2, 0.25) is 0 Å². The Bertz CT molecular complexity index is 547. The van der Waals surface area contributed by atoms with Gasteiger partial charge in [0.05, 0.1) is 0 Å². The van der Waals surface area contributed by atoms with E-state index in [9.17, 15) is 4.39 Å². The van der Waals surface area contributed by atoms with Crippen molar-refractivity contribution < 1.29 is 9.13 Å². The van der Waals surface area contributed by atoms with Crippen molar-refractivity contribution in [2.45, 2.75) is 46.6 Å².